The van der Waals surface area contributed by atoms with E-state index in [1.54, 1.807) is 42.5 Å². The third-order valence-electron chi connectivity index (χ3n) is 6.89. The number of halogens is 3. The predicted octanol–water partition coefficient (Wildman–Crippen LogP) is 5.18. The predicted molar refractivity (Wildman–Crippen MR) is 127 cm³/mol. The van der Waals surface area contributed by atoms with E-state index in [-0.39, 0.29) is 50.7 Å². The molecule has 2 aromatic rings. The van der Waals surface area contributed by atoms with Crippen molar-refractivity contribution in [1.29, 1.82) is 0 Å². The minimum atomic E-state index is -0.390. The maximum absolute atomic E-state index is 13.4. The van der Waals surface area contributed by atoms with Crippen molar-refractivity contribution in [3.8, 4) is 0 Å². The number of para-hydroxylation sites is 1. The SMILES string of the molecule is Cc1c(Cl)cccc1NC(=O)c1ccccc1N1C(=O)[C@@H]2[C@H]3C[C@@H]([C@H](Br)[C@H]3Br)[C@@H]2C1=O. The summed E-state index contributed by atoms with van der Waals surface area (Å²) >= 11 is 13.6. The highest BCUT2D eigenvalue weighted by Gasteiger charge is 2.66. The van der Waals surface area contributed by atoms with E-state index in [0.717, 1.165) is 12.0 Å². The maximum Gasteiger partial charge on any atom is 0.257 e. The Bertz CT molecular complexity index is 1090. The average molecular weight is 567 g/mol. The molecule has 1 heterocycles. The molecule has 31 heavy (non-hydrogen) atoms. The second-order valence-electron chi connectivity index (χ2n) is 8.40. The van der Waals surface area contributed by atoms with Gasteiger partial charge in [-0.25, -0.2) is 4.90 Å². The summed E-state index contributed by atoms with van der Waals surface area (Å²) in [6.45, 7) is 1.82. The minimum Gasteiger partial charge on any atom is -0.322 e. The molecule has 5 rings (SSSR count). The molecule has 2 bridgehead atoms. The molecule has 0 unspecified atom stereocenters. The van der Waals surface area contributed by atoms with Gasteiger partial charge in [0.2, 0.25) is 11.8 Å². The first-order valence-corrected chi connectivity index (χ1v) is 12.3. The molecule has 2 saturated carbocycles. The number of anilines is 2. The van der Waals surface area contributed by atoms with E-state index < -0.39 is 5.91 Å². The van der Waals surface area contributed by atoms with Crippen LogP contribution in [0, 0.1) is 30.6 Å². The number of nitrogens with one attached hydrogen (secondary N) is 1. The largest absolute Gasteiger partial charge is 0.322 e. The first-order valence-electron chi connectivity index (χ1n) is 10.1. The smallest absolute Gasteiger partial charge is 0.257 e. The van der Waals surface area contributed by atoms with Gasteiger partial charge in [-0.05, 0) is 55.0 Å². The van der Waals surface area contributed by atoms with E-state index in [0.29, 0.717) is 16.4 Å². The molecule has 3 fully saturated rings. The van der Waals surface area contributed by atoms with Crippen LogP contribution in [0.15, 0.2) is 42.5 Å². The Labute approximate surface area is 201 Å². The molecule has 3 aliphatic rings. The van der Waals surface area contributed by atoms with E-state index in [4.69, 9.17) is 11.6 Å². The third kappa shape index (κ3) is 3.11. The van der Waals surface area contributed by atoms with Gasteiger partial charge >= 0.3 is 0 Å². The van der Waals surface area contributed by atoms with E-state index in [1.807, 2.05) is 6.92 Å². The lowest BCUT2D eigenvalue weighted by molar-refractivity contribution is -0.123. The number of carbonyl (C=O) groups is 3. The zero-order chi connectivity index (χ0) is 22.0. The van der Waals surface area contributed by atoms with Crippen molar-refractivity contribution < 1.29 is 14.4 Å². The van der Waals surface area contributed by atoms with Gasteiger partial charge in [-0.15, -0.1) is 0 Å². The van der Waals surface area contributed by atoms with Crippen molar-refractivity contribution in [1.82, 2.24) is 0 Å². The summed E-state index contributed by atoms with van der Waals surface area (Å²) in [5.74, 6) is -1.22. The molecular weight excluding hydrogens is 548 g/mol. The summed E-state index contributed by atoms with van der Waals surface area (Å²) in [7, 11) is 0. The zero-order valence-electron chi connectivity index (χ0n) is 16.5. The first kappa shape index (κ1) is 21.2. The second-order valence-corrected chi connectivity index (χ2v) is 10.9. The van der Waals surface area contributed by atoms with Crippen LogP contribution in [0.2, 0.25) is 5.02 Å². The van der Waals surface area contributed by atoms with Crippen LogP contribution in [-0.4, -0.2) is 27.4 Å². The number of carbonyl (C=O) groups excluding carboxylic acids is 3. The van der Waals surface area contributed by atoms with Gasteiger partial charge in [-0.3, -0.25) is 14.4 Å². The number of alkyl halides is 2. The molecule has 0 aromatic heterocycles. The van der Waals surface area contributed by atoms with E-state index >= 15 is 0 Å². The Morgan fingerprint density at radius 2 is 1.61 bits per heavy atom. The Morgan fingerprint density at radius 3 is 2.26 bits per heavy atom. The van der Waals surface area contributed by atoms with Crippen molar-refractivity contribution in [2.24, 2.45) is 23.7 Å². The van der Waals surface area contributed by atoms with Crippen molar-refractivity contribution in [3.05, 3.63) is 58.6 Å². The molecule has 5 nitrogen and oxygen atoms in total. The van der Waals surface area contributed by atoms with Crippen LogP contribution in [0.5, 0.6) is 0 Å². The Kier molecular flexibility index (Phi) is 5.26. The quantitative estimate of drug-likeness (QED) is 0.411. The monoisotopic (exact) mass is 564 g/mol. The van der Waals surface area contributed by atoms with Crippen LogP contribution >= 0.6 is 43.5 Å². The highest BCUT2D eigenvalue weighted by molar-refractivity contribution is 9.12. The normalized spacial score (nSPS) is 31.3. The number of rotatable bonds is 3. The molecular formula is C23H19Br2ClN2O3. The van der Waals surface area contributed by atoms with Gasteiger partial charge in [0.1, 0.15) is 0 Å². The fraction of sp³-hybridized carbons (Fsp3) is 0.348. The van der Waals surface area contributed by atoms with Crippen LogP contribution in [0.3, 0.4) is 0 Å². The van der Waals surface area contributed by atoms with Crippen LogP contribution in [0.1, 0.15) is 22.3 Å². The van der Waals surface area contributed by atoms with E-state index in [9.17, 15) is 14.4 Å². The topological polar surface area (TPSA) is 66.5 Å². The summed E-state index contributed by atoms with van der Waals surface area (Å²) in [6.07, 6.45) is 0.864. The van der Waals surface area contributed by atoms with E-state index in [2.05, 4.69) is 37.2 Å². The van der Waals surface area contributed by atoms with Crippen LogP contribution in [0.4, 0.5) is 11.4 Å². The van der Waals surface area contributed by atoms with Gasteiger partial charge in [0.15, 0.2) is 0 Å². The minimum absolute atomic E-state index is 0.121. The van der Waals surface area contributed by atoms with Crippen LogP contribution in [-0.2, 0) is 9.59 Å². The Hall–Kier alpha value is -1.70. The lowest BCUT2D eigenvalue weighted by Crippen LogP contribution is -2.37. The maximum atomic E-state index is 13.4. The summed E-state index contributed by atoms with van der Waals surface area (Å²) < 4.78 is 0. The fourth-order valence-corrected chi connectivity index (χ4v) is 7.43. The first-order chi connectivity index (χ1) is 14.8. The number of benzene rings is 2. The van der Waals surface area contributed by atoms with Gasteiger partial charge in [0.05, 0.1) is 23.1 Å². The molecule has 3 amide bonds. The number of nitrogens with zero attached hydrogens (tertiary/aromatic N) is 1. The fourth-order valence-electron chi connectivity index (χ4n) is 5.38. The summed E-state index contributed by atoms with van der Waals surface area (Å²) in [6, 6.07) is 12.0. The molecule has 1 aliphatic heterocycles. The van der Waals surface area contributed by atoms with Crippen molar-refractivity contribution in [3.63, 3.8) is 0 Å². The molecule has 6 atom stereocenters. The third-order valence-corrected chi connectivity index (χ3v) is 10.5. The summed E-state index contributed by atoms with van der Waals surface area (Å²) in [5.41, 5.74) is 1.95. The second kappa shape index (κ2) is 7.71. The molecule has 0 spiro atoms. The summed E-state index contributed by atoms with van der Waals surface area (Å²) in [5, 5.41) is 3.42. The van der Waals surface area contributed by atoms with Gasteiger partial charge < -0.3 is 5.32 Å². The van der Waals surface area contributed by atoms with Crippen molar-refractivity contribution in [2.45, 2.75) is 23.0 Å². The molecule has 0 radical (unpaired) electrons. The molecule has 2 aromatic carbocycles. The van der Waals surface area contributed by atoms with Crippen molar-refractivity contribution in [2.75, 3.05) is 10.2 Å². The molecule has 1 N–H and O–H groups in total. The van der Waals surface area contributed by atoms with Crippen LogP contribution < -0.4 is 10.2 Å². The van der Waals surface area contributed by atoms with Gasteiger partial charge in [-0.1, -0.05) is 61.7 Å². The molecule has 160 valence electrons. The zero-order valence-corrected chi connectivity index (χ0v) is 20.4. The number of hydrogen-bond acceptors (Lipinski definition) is 3. The van der Waals surface area contributed by atoms with Gasteiger partial charge in [-0.2, -0.15) is 0 Å². The summed E-state index contributed by atoms with van der Waals surface area (Å²) in [4.78, 5) is 41.5. The van der Waals surface area contributed by atoms with E-state index in [1.165, 1.54) is 4.90 Å². The van der Waals surface area contributed by atoms with Gasteiger partial charge in [0, 0.05) is 20.4 Å². The lowest BCUT2D eigenvalue weighted by atomic mass is 9.81. The highest BCUT2D eigenvalue weighted by Crippen LogP contribution is 2.60. The molecule has 1 saturated heterocycles. The number of amides is 3. The standard InChI is InChI=1S/C23H19Br2ClN2O3/c1-10-14(26)6-4-7-15(10)27-21(29)11-5-2-3-8-16(11)28-22(30)17-12-9-13(18(17)23(28)31)20(25)19(12)24/h2-8,12-13,17-20H,9H2,1H3,(H,27,29)/t12-,13-,17-,18+,19+,20+/m1/s1. The Balaban J connectivity index is 1.49. The molecule has 2 aliphatic carbocycles. The van der Waals surface area contributed by atoms with Gasteiger partial charge in [0.25, 0.3) is 5.91 Å². The highest BCUT2D eigenvalue weighted by atomic mass is 79.9. The number of imide groups is 1. The average Bonchev–Trinajstić information content (AvgIpc) is 3.36. The molecule has 8 heteroatoms. The lowest BCUT2D eigenvalue weighted by Gasteiger charge is -2.28. The van der Waals surface area contributed by atoms with Crippen LogP contribution in [0.25, 0.3) is 0 Å². The van der Waals surface area contributed by atoms with Crippen molar-refractivity contribution >= 4 is 72.6 Å². The number of hydrogen-bond donors (Lipinski definition) is 1. The Morgan fingerprint density at radius 1 is 1.00 bits per heavy atom. The number of fused-ring (bicyclic) bond motifs is 5.